The highest BCUT2D eigenvalue weighted by Gasteiger charge is 2.24. The summed E-state index contributed by atoms with van der Waals surface area (Å²) < 4.78 is 4.74. The predicted octanol–water partition coefficient (Wildman–Crippen LogP) is 9.34. The van der Waals surface area contributed by atoms with Gasteiger partial charge in [0.15, 0.2) is 0 Å². The van der Waals surface area contributed by atoms with Crippen LogP contribution in [0, 0.1) is 0 Å². The molecule has 0 aliphatic rings. The van der Waals surface area contributed by atoms with E-state index in [2.05, 4.69) is 100 Å². The molecule has 0 saturated carbocycles. The summed E-state index contributed by atoms with van der Waals surface area (Å²) in [6, 6.07) is 44.0. The van der Waals surface area contributed by atoms with E-state index in [1.165, 1.54) is 10.8 Å². The lowest BCUT2D eigenvalue weighted by molar-refractivity contribution is 1.13. The van der Waals surface area contributed by atoms with Crippen LogP contribution in [0.25, 0.3) is 88.8 Å². The van der Waals surface area contributed by atoms with Gasteiger partial charge < -0.3 is 9.13 Å². The Morgan fingerprint density at radius 1 is 0.375 bits per heavy atom. The third-order valence-electron chi connectivity index (χ3n) is 9.10. The van der Waals surface area contributed by atoms with Gasteiger partial charge in [-0.05, 0) is 66.7 Å². The van der Waals surface area contributed by atoms with E-state index < -0.39 is 0 Å². The topological polar surface area (TPSA) is 74.3 Å². The molecule has 0 atom stereocenters. The Hall–Kier alpha value is -6.73. The van der Waals surface area contributed by atoms with E-state index in [0.717, 1.165) is 78.0 Å². The van der Waals surface area contributed by atoms with Crippen molar-refractivity contribution in [2.45, 2.75) is 0 Å². The highest BCUT2D eigenvalue weighted by molar-refractivity contribution is 6.26. The third-order valence-corrected chi connectivity index (χ3v) is 9.10. The zero-order chi connectivity index (χ0) is 31.6. The molecule has 0 aliphatic carbocycles. The summed E-state index contributed by atoms with van der Waals surface area (Å²) in [7, 11) is 0. The molecule has 0 aliphatic heterocycles. The molecule has 0 amide bonds. The first-order valence-electron chi connectivity index (χ1n) is 15.8. The maximum Gasteiger partial charge on any atom is 0.113 e. The van der Waals surface area contributed by atoms with Crippen LogP contribution in [0.15, 0.2) is 152 Å². The van der Waals surface area contributed by atoms with Gasteiger partial charge in [-0.2, -0.15) is 0 Å². The van der Waals surface area contributed by atoms with Crippen molar-refractivity contribution in [2.75, 3.05) is 0 Å². The fourth-order valence-corrected chi connectivity index (χ4v) is 7.10. The zero-order valence-corrected chi connectivity index (χ0v) is 25.6. The molecule has 48 heavy (non-hydrogen) atoms. The first-order chi connectivity index (χ1) is 23.8. The molecule has 0 spiro atoms. The summed E-state index contributed by atoms with van der Waals surface area (Å²) in [6.45, 7) is 0. The quantitative estimate of drug-likeness (QED) is 0.197. The molecule has 6 aromatic heterocycles. The van der Waals surface area contributed by atoms with Crippen molar-refractivity contribution in [3.8, 4) is 34.2 Å². The van der Waals surface area contributed by atoms with Gasteiger partial charge in [-0.1, -0.05) is 60.7 Å². The van der Waals surface area contributed by atoms with Crippen LogP contribution in [0.1, 0.15) is 0 Å². The van der Waals surface area contributed by atoms with Gasteiger partial charge in [-0.25, -0.2) is 4.98 Å². The number of pyridine rings is 3. The summed E-state index contributed by atoms with van der Waals surface area (Å²) in [4.78, 5) is 24.1. The van der Waals surface area contributed by atoms with E-state index in [9.17, 15) is 0 Å². The molecule has 0 saturated heterocycles. The number of rotatable bonds is 4. The number of fused-ring (bicyclic) bond motifs is 9. The van der Waals surface area contributed by atoms with E-state index in [-0.39, 0.29) is 0 Å². The van der Waals surface area contributed by atoms with Crippen molar-refractivity contribution in [1.82, 2.24) is 34.1 Å². The molecule has 4 aromatic carbocycles. The van der Waals surface area contributed by atoms with Gasteiger partial charge in [0.2, 0.25) is 0 Å². The lowest BCUT2D eigenvalue weighted by Crippen LogP contribution is -2.02. The summed E-state index contributed by atoms with van der Waals surface area (Å²) in [5.41, 5.74) is 11.1. The SMILES string of the molecule is c1ccc(-n2c3ccccc3c3ccc4c5ccc6nccnc6c5n(-c5cc(-c6ccccn6)nc(-c6ccccn6)c5)c4c32)cc1. The van der Waals surface area contributed by atoms with Crippen molar-refractivity contribution in [2.24, 2.45) is 0 Å². The van der Waals surface area contributed by atoms with E-state index >= 15 is 0 Å². The normalized spacial score (nSPS) is 11.8. The monoisotopic (exact) mass is 615 g/mol. The van der Waals surface area contributed by atoms with Crippen molar-refractivity contribution in [3.05, 3.63) is 152 Å². The second kappa shape index (κ2) is 10.4. The molecule has 6 heterocycles. The molecule has 7 heteroatoms. The summed E-state index contributed by atoms with van der Waals surface area (Å²) in [5.74, 6) is 0. The Morgan fingerprint density at radius 3 is 1.71 bits per heavy atom. The Bertz CT molecular complexity index is 2760. The van der Waals surface area contributed by atoms with Gasteiger partial charge in [0.1, 0.15) is 5.52 Å². The van der Waals surface area contributed by atoms with Crippen LogP contribution in [0.4, 0.5) is 0 Å². The highest BCUT2D eigenvalue weighted by atomic mass is 15.1. The Balaban J connectivity index is 1.45. The Kier molecular flexibility index (Phi) is 5.74. The van der Waals surface area contributed by atoms with Gasteiger partial charge in [-0.3, -0.25) is 19.9 Å². The molecule has 10 rings (SSSR count). The molecule has 7 nitrogen and oxygen atoms in total. The first kappa shape index (κ1) is 26.5. The minimum absolute atomic E-state index is 0.755. The smallest absolute Gasteiger partial charge is 0.113 e. The second-order valence-electron chi connectivity index (χ2n) is 11.8. The molecule has 0 unspecified atom stereocenters. The summed E-state index contributed by atoms with van der Waals surface area (Å²) in [6.07, 6.45) is 7.12. The lowest BCUT2D eigenvalue weighted by Gasteiger charge is -2.15. The molecule has 0 fully saturated rings. The minimum atomic E-state index is 0.755. The standard InChI is InChI=1S/C41H25N7/c1-2-10-26(11-3-1)47-37-15-5-4-12-28(37)29-16-17-31-30-18-19-34-38(45-23-22-44-34)39(30)48(41(31)40(29)47)27-24-35(32-13-6-8-20-42-32)46-36(25-27)33-14-7-9-21-43-33/h1-25H. The molecule has 224 valence electrons. The van der Waals surface area contributed by atoms with Crippen LogP contribution in [-0.2, 0) is 0 Å². The van der Waals surface area contributed by atoms with Crippen LogP contribution in [0.5, 0.6) is 0 Å². The number of hydrogen-bond donors (Lipinski definition) is 0. The summed E-state index contributed by atoms with van der Waals surface area (Å²) >= 11 is 0. The van der Waals surface area contributed by atoms with Gasteiger partial charge in [0.05, 0.1) is 56.0 Å². The van der Waals surface area contributed by atoms with Crippen LogP contribution >= 0.6 is 0 Å². The van der Waals surface area contributed by atoms with Crippen molar-refractivity contribution >= 4 is 54.6 Å². The van der Waals surface area contributed by atoms with Gasteiger partial charge in [-0.15, -0.1) is 0 Å². The average Bonchev–Trinajstić information content (AvgIpc) is 3.69. The lowest BCUT2D eigenvalue weighted by atomic mass is 10.1. The molecule has 10 aromatic rings. The van der Waals surface area contributed by atoms with Crippen molar-refractivity contribution in [3.63, 3.8) is 0 Å². The summed E-state index contributed by atoms with van der Waals surface area (Å²) in [5, 5.41) is 4.59. The number of aromatic nitrogens is 7. The van der Waals surface area contributed by atoms with Crippen LogP contribution < -0.4 is 0 Å². The van der Waals surface area contributed by atoms with Crippen molar-refractivity contribution < 1.29 is 0 Å². The largest absolute Gasteiger partial charge is 0.307 e. The number of benzene rings is 4. The highest BCUT2D eigenvalue weighted by Crippen LogP contribution is 2.43. The zero-order valence-electron chi connectivity index (χ0n) is 25.6. The van der Waals surface area contributed by atoms with Gasteiger partial charge in [0.25, 0.3) is 0 Å². The maximum absolute atomic E-state index is 5.10. The number of hydrogen-bond acceptors (Lipinski definition) is 5. The number of nitrogens with zero attached hydrogens (tertiary/aromatic N) is 7. The number of para-hydroxylation sites is 2. The van der Waals surface area contributed by atoms with E-state index in [1.807, 2.05) is 36.4 Å². The van der Waals surface area contributed by atoms with E-state index in [1.54, 1.807) is 24.8 Å². The minimum Gasteiger partial charge on any atom is -0.307 e. The van der Waals surface area contributed by atoms with E-state index in [0.29, 0.717) is 0 Å². The van der Waals surface area contributed by atoms with Crippen molar-refractivity contribution in [1.29, 1.82) is 0 Å². The molecule has 0 radical (unpaired) electrons. The van der Waals surface area contributed by atoms with Crippen LogP contribution in [0.3, 0.4) is 0 Å². The molecular formula is C41H25N7. The molecule has 0 N–H and O–H groups in total. The average molecular weight is 616 g/mol. The fraction of sp³-hybridized carbons (Fsp3) is 0. The predicted molar refractivity (Wildman–Crippen MR) is 192 cm³/mol. The second-order valence-corrected chi connectivity index (χ2v) is 11.8. The van der Waals surface area contributed by atoms with Crippen LogP contribution in [-0.4, -0.2) is 34.1 Å². The first-order valence-corrected chi connectivity index (χ1v) is 15.8. The Labute approximate surface area is 274 Å². The molecule has 0 bridgehead atoms. The fourth-order valence-electron chi connectivity index (χ4n) is 7.10. The van der Waals surface area contributed by atoms with Gasteiger partial charge >= 0.3 is 0 Å². The van der Waals surface area contributed by atoms with Gasteiger partial charge in [0, 0.05) is 52.0 Å². The Morgan fingerprint density at radius 2 is 0.979 bits per heavy atom. The van der Waals surface area contributed by atoms with Crippen LogP contribution in [0.2, 0.25) is 0 Å². The van der Waals surface area contributed by atoms with E-state index in [4.69, 9.17) is 24.9 Å². The third kappa shape index (κ3) is 3.91. The molecular weight excluding hydrogens is 591 g/mol. The maximum atomic E-state index is 5.10.